The van der Waals surface area contributed by atoms with E-state index in [0.29, 0.717) is 4.73 Å². The fourth-order valence-electron chi connectivity index (χ4n) is 0.826. The van der Waals surface area contributed by atoms with E-state index in [2.05, 4.69) is 10.2 Å². The van der Waals surface area contributed by atoms with Crippen molar-refractivity contribution in [1.29, 1.82) is 0 Å². The Labute approximate surface area is 84.8 Å². The molecule has 0 aliphatic heterocycles. The van der Waals surface area contributed by atoms with Crippen LogP contribution < -0.4 is 10.2 Å². The maximum absolute atomic E-state index is 11.0. The quantitative estimate of drug-likeness (QED) is 0.598. The summed E-state index contributed by atoms with van der Waals surface area (Å²) in [7, 11) is 0. The Morgan fingerprint density at radius 1 is 1.40 bits per heavy atom. The maximum atomic E-state index is 11.0. The average Bonchev–Trinajstić information content (AvgIpc) is 2.46. The van der Waals surface area contributed by atoms with Gasteiger partial charge < -0.3 is 20.4 Å². The lowest BCUT2D eigenvalue weighted by atomic mass is 10.6. The number of carbonyl (C=O) groups excluding carboxylic acids is 2. The lowest BCUT2D eigenvalue weighted by Crippen LogP contribution is -2.33. The third-order valence-corrected chi connectivity index (χ3v) is 1.47. The van der Waals surface area contributed by atoms with E-state index in [0.717, 1.165) is 12.1 Å². The van der Waals surface area contributed by atoms with Gasteiger partial charge in [-0.1, -0.05) is 0 Å². The van der Waals surface area contributed by atoms with Crippen LogP contribution in [0.2, 0.25) is 0 Å². The minimum absolute atomic E-state index is 0.341. The van der Waals surface area contributed by atoms with Gasteiger partial charge in [-0.05, 0) is 0 Å². The summed E-state index contributed by atoms with van der Waals surface area (Å²) in [6.07, 6.45) is 0. The molecule has 1 aromatic heterocycles. The molecule has 0 atom stereocenters. The Balaban J connectivity index is 2.55. The number of hydrogen-bond acceptors (Lipinski definition) is 5. The molecule has 0 aromatic carbocycles. The standard InChI is InChI=1S/C8H10N2O5/c1-5(11)9-4-8(14)15-10-6(12)2-3-7(10)13/h2-3,12-13H,4H2,1H3,(H,9,11). The predicted octanol–water partition coefficient (Wildman–Crippen LogP) is -1.01. The summed E-state index contributed by atoms with van der Waals surface area (Å²) in [5.74, 6) is -2.02. The zero-order valence-electron chi connectivity index (χ0n) is 7.93. The Kier molecular flexibility index (Phi) is 3.17. The number of aromatic nitrogens is 1. The van der Waals surface area contributed by atoms with Crippen LogP contribution in [-0.4, -0.2) is 33.4 Å². The molecule has 1 rings (SSSR count). The van der Waals surface area contributed by atoms with Crippen LogP contribution in [0.1, 0.15) is 6.92 Å². The van der Waals surface area contributed by atoms with Crippen molar-refractivity contribution in [2.75, 3.05) is 6.54 Å². The smallest absolute Gasteiger partial charge is 0.352 e. The third-order valence-electron chi connectivity index (χ3n) is 1.47. The largest absolute Gasteiger partial charge is 0.492 e. The summed E-state index contributed by atoms with van der Waals surface area (Å²) in [6.45, 7) is 0.907. The van der Waals surface area contributed by atoms with E-state index >= 15 is 0 Å². The number of aromatic hydroxyl groups is 2. The second-order valence-electron chi connectivity index (χ2n) is 2.72. The molecule has 1 aromatic rings. The highest BCUT2D eigenvalue weighted by Gasteiger charge is 2.11. The van der Waals surface area contributed by atoms with Gasteiger partial charge in [0.2, 0.25) is 17.7 Å². The van der Waals surface area contributed by atoms with Crippen LogP contribution >= 0.6 is 0 Å². The highest BCUT2D eigenvalue weighted by atomic mass is 16.7. The molecular weight excluding hydrogens is 204 g/mol. The SMILES string of the molecule is CC(=O)NCC(=O)On1c(O)ccc1O. The molecule has 0 bridgehead atoms. The number of carbonyl (C=O) groups is 2. The predicted molar refractivity (Wildman–Crippen MR) is 48.0 cm³/mol. The van der Waals surface area contributed by atoms with Gasteiger partial charge in [-0.3, -0.25) is 4.79 Å². The van der Waals surface area contributed by atoms with Gasteiger partial charge in [0.25, 0.3) is 0 Å². The highest BCUT2D eigenvalue weighted by Crippen LogP contribution is 2.18. The Morgan fingerprint density at radius 3 is 2.40 bits per heavy atom. The van der Waals surface area contributed by atoms with Crippen molar-refractivity contribution in [2.45, 2.75) is 6.92 Å². The first-order chi connectivity index (χ1) is 7.00. The minimum Gasteiger partial charge on any atom is -0.492 e. The van der Waals surface area contributed by atoms with Crippen molar-refractivity contribution >= 4 is 11.9 Å². The second-order valence-corrected chi connectivity index (χ2v) is 2.72. The van der Waals surface area contributed by atoms with E-state index in [-0.39, 0.29) is 12.5 Å². The van der Waals surface area contributed by atoms with Crippen molar-refractivity contribution in [1.82, 2.24) is 10.0 Å². The molecule has 3 N–H and O–H groups in total. The van der Waals surface area contributed by atoms with E-state index < -0.39 is 17.7 Å². The van der Waals surface area contributed by atoms with Crippen LogP contribution in [0, 0.1) is 0 Å². The molecule has 1 amide bonds. The van der Waals surface area contributed by atoms with E-state index in [1.165, 1.54) is 6.92 Å². The van der Waals surface area contributed by atoms with Gasteiger partial charge in [-0.25, -0.2) is 4.79 Å². The van der Waals surface area contributed by atoms with E-state index in [9.17, 15) is 9.59 Å². The van der Waals surface area contributed by atoms with Crippen molar-refractivity contribution in [2.24, 2.45) is 0 Å². The fraction of sp³-hybridized carbons (Fsp3) is 0.250. The Hall–Kier alpha value is -2.18. The lowest BCUT2D eigenvalue weighted by Gasteiger charge is -2.06. The molecule has 0 unspecified atom stereocenters. The lowest BCUT2D eigenvalue weighted by molar-refractivity contribution is -0.145. The number of amides is 1. The number of nitrogens with zero attached hydrogens (tertiary/aromatic N) is 1. The molecule has 0 saturated carbocycles. The third kappa shape index (κ3) is 2.90. The molecule has 0 radical (unpaired) electrons. The molecule has 0 aliphatic rings. The van der Waals surface area contributed by atoms with Crippen molar-refractivity contribution < 1.29 is 24.6 Å². The van der Waals surface area contributed by atoms with Gasteiger partial charge >= 0.3 is 5.97 Å². The van der Waals surface area contributed by atoms with Crippen LogP contribution in [0.15, 0.2) is 12.1 Å². The van der Waals surface area contributed by atoms with Gasteiger partial charge in [0, 0.05) is 19.1 Å². The van der Waals surface area contributed by atoms with Gasteiger partial charge in [-0.2, -0.15) is 0 Å². The summed E-state index contributed by atoms with van der Waals surface area (Å²) < 4.78 is 0.546. The van der Waals surface area contributed by atoms with Crippen LogP contribution in [0.4, 0.5) is 0 Å². The first kappa shape index (κ1) is 10.9. The zero-order chi connectivity index (χ0) is 11.4. The molecule has 0 fully saturated rings. The number of hydrogen-bond donors (Lipinski definition) is 3. The summed E-state index contributed by atoms with van der Waals surface area (Å²) in [5.41, 5.74) is 0. The molecular formula is C8H10N2O5. The van der Waals surface area contributed by atoms with Gasteiger partial charge in [0.15, 0.2) is 0 Å². The molecule has 1 heterocycles. The fourth-order valence-corrected chi connectivity index (χ4v) is 0.826. The average molecular weight is 214 g/mol. The Morgan fingerprint density at radius 2 is 1.93 bits per heavy atom. The zero-order valence-corrected chi connectivity index (χ0v) is 7.93. The van der Waals surface area contributed by atoms with Crippen LogP contribution in [0.25, 0.3) is 0 Å². The summed E-state index contributed by atoms with van der Waals surface area (Å²) in [5, 5.41) is 20.4. The molecule has 82 valence electrons. The van der Waals surface area contributed by atoms with E-state index in [1.807, 2.05) is 0 Å². The highest BCUT2D eigenvalue weighted by molar-refractivity contribution is 5.80. The van der Waals surface area contributed by atoms with Crippen molar-refractivity contribution in [3.05, 3.63) is 12.1 Å². The van der Waals surface area contributed by atoms with Gasteiger partial charge in [-0.15, -0.1) is 4.73 Å². The molecule has 7 heteroatoms. The summed E-state index contributed by atoms with van der Waals surface area (Å²) in [4.78, 5) is 26.0. The number of nitrogens with one attached hydrogen (secondary N) is 1. The van der Waals surface area contributed by atoms with Gasteiger partial charge in [0.1, 0.15) is 6.54 Å². The number of rotatable bonds is 3. The molecule has 7 nitrogen and oxygen atoms in total. The maximum Gasteiger partial charge on any atom is 0.352 e. The molecule has 0 saturated heterocycles. The van der Waals surface area contributed by atoms with Crippen LogP contribution in [-0.2, 0) is 9.59 Å². The van der Waals surface area contributed by atoms with Crippen LogP contribution in [0.3, 0.4) is 0 Å². The Bertz CT molecular complexity index is 365. The van der Waals surface area contributed by atoms with Crippen LogP contribution in [0.5, 0.6) is 11.8 Å². The van der Waals surface area contributed by atoms with Gasteiger partial charge in [0.05, 0.1) is 0 Å². The summed E-state index contributed by atoms with van der Waals surface area (Å²) >= 11 is 0. The van der Waals surface area contributed by atoms with Crippen molar-refractivity contribution in [3.8, 4) is 11.8 Å². The normalized spacial score (nSPS) is 9.67. The molecule has 15 heavy (non-hydrogen) atoms. The first-order valence-electron chi connectivity index (χ1n) is 4.06. The molecule has 0 aliphatic carbocycles. The topological polar surface area (TPSA) is 101 Å². The summed E-state index contributed by atoms with van der Waals surface area (Å²) in [6, 6.07) is 2.31. The monoisotopic (exact) mass is 214 g/mol. The van der Waals surface area contributed by atoms with E-state index in [4.69, 9.17) is 10.2 Å². The first-order valence-corrected chi connectivity index (χ1v) is 4.06. The van der Waals surface area contributed by atoms with Crippen molar-refractivity contribution in [3.63, 3.8) is 0 Å². The van der Waals surface area contributed by atoms with E-state index in [1.54, 1.807) is 0 Å². The second kappa shape index (κ2) is 4.36. The minimum atomic E-state index is -0.813. The molecule has 0 spiro atoms.